The van der Waals surface area contributed by atoms with E-state index in [9.17, 15) is 17.8 Å². The lowest BCUT2D eigenvalue weighted by atomic mass is 10.0. The molecule has 0 radical (unpaired) electrons. The largest absolute Gasteiger partial charge is 0.726 e. The van der Waals surface area contributed by atoms with Gasteiger partial charge in [0.1, 0.15) is 0 Å². The van der Waals surface area contributed by atoms with Gasteiger partial charge in [0.15, 0.2) is 0 Å². The minimum atomic E-state index is -4.42. The molecule has 158 valence electrons. The lowest BCUT2D eigenvalue weighted by Crippen LogP contribution is -2.41. The maximum absolute atomic E-state index is 11.6. The quantitative estimate of drug-likeness (QED) is 0.223. The van der Waals surface area contributed by atoms with E-state index in [4.69, 9.17) is 0 Å². The summed E-state index contributed by atoms with van der Waals surface area (Å²) in [4.78, 5) is 11.6. The first-order valence-corrected chi connectivity index (χ1v) is 11.0. The van der Waals surface area contributed by atoms with Crippen LogP contribution in [0.2, 0.25) is 0 Å². The molecular weight excluding hydrogens is 356 g/mol. The lowest BCUT2D eigenvalue weighted by molar-refractivity contribution is -0.888. The zero-order valence-corrected chi connectivity index (χ0v) is 18.4. The Kier molecular flexibility index (Phi) is 16.3. The average molecular weight is 397 g/mol. The topological polar surface area (TPSA) is 95.5 Å². The molecule has 0 aliphatic heterocycles. The van der Waals surface area contributed by atoms with Gasteiger partial charge in [0.25, 0.3) is 0 Å². The van der Waals surface area contributed by atoms with E-state index in [-0.39, 0.29) is 12.5 Å². The Bertz CT molecular complexity index is 450. The predicted molar refractivity (Wildman–Crippen MR) is 104 cm³/mol. The molecule has 0 fully saturated rings. The molecule has 8 heteroatoms. The summed E-state index contributed by atoms with van der Waals surface area (Å²) in [5.74, 6) is 1.01. The second-order valence-electron chi connectivity index (χ2n) is 7.49. The number of amides is 1. The molecule has 7 nitrogen and oxygen atoms in total. The van der Waals surface area contributed by atoms with Crippen LogP contribution in [0.15, 0.2) is 0 Å². The Balaban J connectivity index is 0. The predicted octanol–water partition coefficient (Wildman–Crippen LogP) is 2.68. The number of hydrogen-bond acceptors (Lipinski definition) is 5. The summed E-state index contributed by atoms with van der Waals surface area (Å²) >= 11 is 0. The molecule has 0 aliphatic carbocycles. The monoisotopic (exact) mass is 396 g/mol. The third-order valence-corrected chi connectivity index (χ3v) is 4.59. The van der Waals surface area contributed by atoms with Crippen LogP contribution in [0, 0.1) is 5.92 Å². The Morgan fingerprint density at radius 3 is 2.15 bits per heavy atom. The maximum Gasteiger partial charge on any atom is 0.219 e. The normalized spacial score (nSPS) is 11.8. The van der Waals surface area contributed by atoms with Crippen molar-refractivity contribution in [2.24, 2.45) is 5.92 Å². The second-order valence-corrected chi connectivity index (χ2v) is 8.54. The summed E-state index contributed by atoms with van der Waals surface area (Å²) in [6.45, 7) is 11.1. The van der Waals surface area contributed by atoms with Crippen LogP contribution in [0.4, 0.5) is 0 Å². The summed E-state index contributed by atoms with van der Waals surface area (Å²) in [7, 11) is 0.0412. The van der Waals surface area contributed by atoms with Gasteiger partial charge in [0.2, 0.25) is 16.3 Å². The molecule has 0 rings (SSSR count). The summed E-state index contributed by atoms with van der Waals surface area (Å²) in [5.41, 5.74) is 0. The van der Waals surface area contributed by atoms with Crippen molar-refractivity contribution in [2.75, 3.05) is 40.3 Å². The van der Waals surface area contributed by atoms with Gasteiger partial charge in [0, 0.05) is 19.4 Å². The van der Waals surface area contributed by atoms with Crippen molar-refractivity contribution in [1.82, 2.24) is 5.32 Å². The van der Waals surface area contributed by atoms with Gasteiger partial charge in [-0.3, -0.25) is 8.98 Å². The molecule has 0 atom stereocenters. The third-order valence-electron chi connectivity index (χ3n) is 4.07. The van der Waals surface area contributed by atoms with Crippen LogP contribution in [0.25, 0.3) is 0 Å². The molecule has 1 amide bonds. The molecule has 0 unspecified atom stereocenters. The van der Waals surface area contributed by atoms with Crippen LogP contribution < -0.4 is 5.32 Å². The van der Waals surface area contributed by atoms with Crippen LogP contribution in [0.3, 0.4) is 0 Å². The van der Waals surface area contributed by atoms with Crippen molar-refractivity contribution >= 4 is 16.3 Å². The minimum Gasteiger partial charge on any atom is -0.726 e. The van der Waals surface area contributed by atoms with Crippen molar-refractivity contribution in [3.05, 3.63) is 0 Å². The zero-order valence-electron chi connectivity index (χ0n) is 17.5. The number of nitrogens with zero attached hydrogens (tertiary/aromatic N) is 1. The summed E-state index contributed by atoms with van der Waals surface area (Å²) in [6.07, 6.45) is 6.53. The first-order chi connectivity index (χ1) is 11.9. The fourth-order valence-electron chi connectivity index (χ4n) is 2.14. The van der Waals surface area contributed by atoms with Crippen molar-refractivity contribution < 1.29 is 26.4 Å². The summed E-state index contributed by atoms with van der Waals surface area (Å²) in [5, 5.41) is 3.03. The number of hydrogen-bond donors (Lipinski definition) is 1. The van der Waals surface area contributed by atoms with E-state index in [1.54, 1.807) is 0 Å². The number of quaternary nitrogens is 1. The molecule has 0 heterocycles. The number of rotatable bonds is 13. The van der Waals surface area contributed by atoms with Gasteiger partial charge in [-0.05, 0) is 26.2 Å². The zero-order chi connectivity index (χ0) is 20.6. The second kappa shape index (κ2) is 15.4. The molecule has 0 aromatic carbocycles. The molecule has 0 saturated heterocycles. The van der Waals surface area contributed by atoms with Gasteiger partial charge < -0.3 is 14.4 Å². The molecule has 0 aliphatic rings. The Labute approximate surface area is 161 Å². The van der Waals surface area contributed by atoms with Crippen LogP contribution >= 0.6 is 0 Å². The minimum absolute atomic E-state index is 0.0914. The fourth-order valence-corrected chi connectivity index (χ4v) is 2.43. The highest BCUT2D eigenvalue weighted by molar-refractivity contribution is 7.80. The van der Waals surface area contributed by atoms with Crippen molar-refractivity contribution in [2.45, 2.75) is 66.2 Å². The smallest absolute Gasteiger partial charge is 0.219 e. The van der Waals surface area contributed by atoms with Gasteiger partial charge in [0.05, 0.1) is 33.8 Å². The van der Waals surface area contributed by atoms with Crippen LogP contribution in [-0.4, -0.2) is 63.7 Å². The lowest BCUT2D eigenvalue weighted by Gasteiger charge is -2.28. The molecule has 1 N–H and O–H groups in total. The van der Waals surface area contributed by atoms with E-state index in [0.717, 1.165) is 42.9 Å². The molecular formula is C18H40N2O5S. The van der Waals surface area contributed by atoms with E-state index in [1.165, 1.54) is 26.2 Å². The number of nitrogens with one attached hydrogen (secondary N) is 1. The highest BCUT2D eigenvalue weighted by Crippen LogP contribution is 2.09. The van der Waals surface area contributed by atoms with E-state index < -0.39 is 10.4 Å². The van der Waals surface area contributed by atoms with Gasteiger partial charge in [-0.15, -0.1) is 0 Å². The number of carbonyl (C=O) groups is 1. The Hall–Kier alpha value is -0.700. The average Bonchev–Trinajstić information content (AvgIpc) is 2.50. The number of carbonyl (C=O) groups excluding carboxylic acids is 1. The third kappa shape index (κ3) is 23.3. The first-order valence-electron chi connectivity index (χ1n) is 9.62. The standard InChI is InChI=1S/C16H34N2O.C2H6O4S/c1-6-18(4,5)14-10-13-17-16(19)12-9-7-8-11-15(2)3;1-2-6-7(3,4)5/h15H,6-14H2,1-5H3;2H2,1H3,(H,3,4,5). The summed E-state index contributed by atoms with van der Waals surface area (Å²) in [6, 6.07) is 0. The maximum atomic E-state index is 11.6. The fraction of sp³-hybridized carbons (Fsp3) is 0.944. The molecule has 0 saturated carbocycles. The molecule has 0 aromatic rings. The molecule has 0 spiro atoms. The molecule has 26 heavy (non-hydrogen) atoms. The van der Waals surface area contributed by atoms with Crippen molar-refractivity contribution in [1.29, 1.82) is 0 Å². The Morgan fingerprint density at radius 1 is 1.12 bits per heavy atom. The van der Waals surface area contributed by atoms with E-state index in [0.29, 0.717) is 6.42 Å². The van der Waals surface area contributed by atoms with E-state index >= 15 is 0 Å². The molecule has 0 bridgehead atoms. The van der Waals surface area contributed by atoms with Crippen LogP contribution in [0.1, 0.15) is 66.2 Å². The number of unbranched alkanes of at least 4 members (excludes halogenated alkanes) is 2. The van der Waals surface area contributed by atoms with Crippen molar-refractivity contribution in [3.63, 3.8) is 0 Å². The highest BCUT2D eigenvalue weighted by atomic mass is 32.3. The molecule has 0 aromatic heterocycles. The first kappa shape index (κ1) is 27.5. The van der Waals surface area contributed by atoms with Gasteiger partial charge in [-0.2, -0.15) is 0 Å². The van der Waals surface area contributed by atoms with Crippen molar-refractivity contribution in [3.8, 4) is 0 Å². The van der Waals surface area contributed by atoms with E-state index in [1.807, 2.05) is 0 Å². The van der Waals surface area contributed by atoms with Crippen LogP contribution in [0.5, 0.6) is 0 Å². The van der Waals surface area contributed by atoms with Gasteiger partial charge >= 0.3 is 0 Å². The van der Waals surface area contributed by atoms with Gasteiger partial charge in [-0.25, -0.2) is 8.42 Å². The highest BCUT2D eigenvalue weighted by Gasteiger charge is 2.10. The van der Waals surface area contributed by atoms with E-state index in [2.05, 4.69) is 44.4 Å². The Morgan fingerprint density at radius 2 is 1.73 bits per heavy atom. The SMILES string of the molecule is CCOS(=O)(=O)[O-].CC[N+](C)(C)CCCNC(=O)CCCCCC(C)C. The van der Waals surface area contributed by atoms with Gasteiger partial charge in [-0.1, -0.05) is 33.1 Å². The summed E-state index contributed by atoms with van der Waals surface area (Å²) < 4.78 is 33.0. The van der Waals surface area contributed by atoms with Crippen LogP contribution in [-0.2, 0) is 19.4 Å².